The van der Waals surface area contributed by atoms with Crippen LogP contribution in [0.3, 0.4) is 0 Å². The lowest BCUT2D eigenvalue weighted by atomic mass is 10.0. The van der Waals surface area contributed by atoms with Crippen LogP contribution in [0.5, 0.6) is 0 Å². The fraction of sp³-hybridized carbons (Fsp3) is 0.190. The van der Waals surface area contributed by atoms with Gasteiger partial charge in [0.05, 0.1) is 0 Å². The number of nitrogens with zero attached hydrogens (tertiary/aromatic N) is 1. The fourth-order valence-corrected chi connectivity index (χ4v) is 2.81. The molecule has 0 radical (unpaired) electrons. The van der Waals surface area contributed by atoms with Crippen LogP contribution in [0, 0.1) is 13.8 Å². The number of carbonyl (C=O) groups is 1. The Hall–Kier alpha value is -2.81. The van der Waals surface area contributed by atoms with Gasteiger partial charge in [0, 0.05) is 24.5 Å². The summed E-state index contributed by atoms with van der Waals surface area (Å²) in [6, 6.07) is 19.8. The van der Waals surface area contributed by atoms with Crippen molar-refractivity contribution in [2.24, 2.45) is 0 Å². The Morgan fingerprint density at radius 1 is 1.00 bits per heavy atom. The van der Waals surface area contributed by atoms with E-state index in [0.29, 0.717) is 6.42 Å². The van der Waals surface area contributed by atoms with Crippen LogP contribution in [-0.4, -0.2) is 10.5 Å². The van der Waals surface area contributed by atoms with Crippen LogP contribution in [0.4, 0.5) is 5.69 Å². The summed E-state index contributed by atoms with van der Waals surface area (Å²) in [5.41, 5.74) is 4.23. The van der Waals surface area contributed by atoms with E-state index >= 15 is 0 Å². The summed E-state index contributed by atoms with van der Waals surface area (Å²) in [7, 11) is 0. The maximum atomic E-state index is 12.9. The van der Waals surface area contributed by atoms with Crippen molar-refractivity contribution in [2.45, 2.75) is 26.3 Å². The van der Waals surface area contributed by atoms with Gasteiger partial charge in [-0.15, -0.1) is 0 Å². The van der Waals surface area contributed by atoms with E-state index in [1.54, 1.807) is 0 Å². The molecule has 24 heavy (non-hydrogen) atoms. The Balaban J connectivity index is 1.85. The Bertz CT molecular complexity index is 807. The molecule has 1 heterocycles. The largest absolute Gasteiger partial charge is 0.342 e. The normalized spacial score (nSPS) is 11.9. The second kappa shape index (κ2) is 7.18. The molecule has 3 rings (SSSR count). The third-order valence-electron chi connectivity index (χ3n) is 4.21. The maximum absolute atomic E-state index is 12.9. The Labute approximate surface area is 143 Å². The third-order valence-corrected chi connectivity index (χ3v) is 4.21. The molecule has 1 aromatic heterocycles. The fourth-order valence-electron chi connectivity index (χ4n) is 2.81. The minimum atomic E-state index is -0.276. The molecule has 1 N–H and O–H groups in total. The monoisotopic (exact) mass is 318 g/mol. The molecule has 122 valence electrons. The van der Waals surface area contributed by atoms with Crippen molar-refractivity contribution < 1.29 is 4.79 Å². The molecule has 0 spiro atoms. The minimum Gasteiger partial charge on any atom is -0.342 e. The molecule has 0 aliphatic heterocycles. The number of carbonyl (C=O) groups excluding carboxylic acids is 1. The second-order valence-corrected chi connectivity index (χ2v) is 6.14. The second-order valence-electron chi connectivity index (χ2n) is 6.14. The van der Waals surface area contributed by atoms with Gasteiger partial charge in [0.15, 0.2) is 0 Å². The van der Waals surface area contributed by atoms with Gasteiger partial charge in [0.25, 0.3) is 0 Å². The highest BCUT2D eigenvalue weighted by Crippen LogP contribution is 2.21. The van der Waals surface area contributed by atoms with Crippen LogP contribution in [0.1, 0.15) is 22.7 Å². The number of nitrogens with one attached hydrogen (secondary N) is 1. The van der Waals surface area contributed by atoms with Gasteiger partial charge in [-0.25, -0.2) is 0 Å². The Kier molecular flexibility index (Phi) is 4.80. The number of benzene rings is 2. The van der Waals surface area contributed by atoms with Gasteiger partial charge in [0.2, 0.25) is 5.91 Å². The molecule has 0 saturated heterocycles. The Morgan fingerprint density at radius 2 is 1.71 bits per heavy atom. The summed E-state index contributed by atoms with van der Waals surface area (Å²) >= 11 is 0. The topological polar surface area (TPSA) is 34.0 Å². The van der Waals surface area contributed by atoms with E-state index < -0.39 is 0 Å². The van der Waals surface area contributed by atoms with E-state index in [4.69, 9.17) is 0 Å². The Morgan fingerprint density at radius 3 is 2.42 bits per heavy atom. The molecule has 1 atom stereocenters. The van der Waals surface area contributed by atoms with Crippen molar-refractivity contribution in [1.29, 1.82) is 0 Å². The van der Waals surface area contributed by atoms with Crippen molar-refractivity contribution in [3.8, 4) is 0 Å². The van der Waals surface area contributed by atoms with Crippen LogP contribution in [0.2, 0.25) is 0 Å². The molecule has 0 unspecified atom stereocenters. The summed E-state index contributed by atoms with van der Waals surface area (Å²) in [6.07, 6.45) is 4.54. The van der Waals surface area contributed by atoms with Crippen molar-refractivity contribution in [2.75, 3.05) is 5.32 Å². The molecular formula is C21H22N2O. The van der Waals surface area contributed by atoms with Crippen molar-refractivity contribution in [1.82, 2.24) is 4.57 Å². The van der Waals surface area contributed by atoms with Crippen LogP contribution in [-0.2, 0) is 11.2 Å². The van der Waals surface area contributed by atoms with E-state index in [1.807, 2.05) is 73.3 Å². The summed E-state index contributed by atoms with van der Waals surface area (Å²) in [5.74, 6) is 0.00348. The predicted octanol–water partition coefficient (Wildman–Crippen LogP) is 4.53. The first kappa shape index (κ1) is 16.1. The van der Waals surface area contributed by atoms with Gasteiger partial charge in [-0.05, 0) is 48.7 Å². The lowest BCUT2D eigenvalue weighted by molar-refractivity contribution is -0.119. The van der Waals surface area contributed by atoms with Gasteiger partial charge in [-0.2, -0.15) is 0 Å². The molecule has 0 saturated carbocycles. The zero-order valence-corrected chi connectivity index (χ0v) is 14.1. The van der Waals surface area contributed by atoms with Gasteiger partial charge >= 0.3 is 0 Å². The van der Waals surface area contributed by atoms with E-state index in [-0.39, 0.29) is 11.9 Å². The smallest absolute Gasteiger partial charge is 0.247 e. The zero-order chi connectivity index (χ0) is 16.9. The number of aryl methyl sites for hydroxylation is 2. The number of anilines is 1. The van der Waals surface area contributed by atoms with Gasteiger partial charge in [-0.1, -0.05) is 42.5 Å². The molecule has 0 aliphatic carbocycles. The first-order valence-corrected chi connectivity index (χ1v) is 8.18. The number of hydrogen-bond donors (Lipinski definition) is 1. The number of hydrogen-bond acceptors (Lipinski definition) is 1. The lowest BCUT2D eigenvalue weighted by Crippen LogP contribution is -2.27. The standard InChI is InChI=1S/C21H22N2O/c1-16-10-11-17(2)19(14-16)22-21(24)20(23-12-6-7-13-23)15-18-8-4-3-5-9-18/h3-14,20H,15H2,1-2H3,(H,22,24)/t20-/m0/s1. The quantitative estimate of drug-likeness (QED) is 0.737. The minimum absolute atomic E-state index is 0.00348. The highest BCUT2D eigenvalue weighted by atomic mass is 16.2. The van der Waals surface area contributed by atoms with Crippen LogP contribution >= 0.6 is 0 Å². The summed E-state index contributed by atoms with van der Waals surface area (Å²) in [5, 5.41) is 3.10. The number of aromatic nitrogens is 1. The molecule has 0 aliphatic rings. The van der Waals surface area contributed by atoms with Gasteiger partial charge in [0.1, 0.15) is 6.04 Å². The van der Waals surface area contributed by atoms with Crippen molar-refractivity contribution in [3.05, 3.63) is 89.7 Å². The molecular weight excluding hydrogens is 296 g/mol. The highest BCUT2D eigenvalue weighted by Gasteiger charge is 2.20. The molecule has 1 amide bonds. The zero-order valence-electron chi connectivity index (χ0n) is 14.1. The molecule has 3 nitrogen and oxygen atoms in total. The van der Waals surface area contributed by atoms with Crippen molar-refractivity contribution >= 4 is 11.6 Å². The maximum Gasteiger partial charge on any atom is 0.247 e. The van der Waals surface area contributed by atoms with E-state index in [9.17, 15) is 4.79 Å². The van der Waals surface area contributed by atoms with Crippen LogP contribution < -0.4 is 5.32 Å². The van der Waals surface area contributed by atoms with Gasteiger partial charge in [-0.3, -0.25) is 4.79 Å². The van der Waals surface area contributed by atoms with Gasteiger partial charge < -0.3 is 9.88 Å². The summed E-state index contributed by atoms with van der Waals surface area (Å²) in [4.78, 5) is 12.9. The highest BCUT2D eigenvalue weighted by molar-refractivity contribution is 5.94. The van der Waals surface area contributed by atoms with Crippen LogP contribution in [0.15, 0.2) is 73.1 Å². The van der Waals surface area contributed by atoms with E-state index in [0.717, 1.165) is 22.4 Å². The SMILES string of the molecule is Cc1ccc(C)c(NC(=O)[C@H](Cc2ccccc2)n2cccc2)c1. The number of rotatable bonds is 5. The summed E-state index contributed by atoms with van der Waals surface area (Å²) < 4.78 is 1.97. The average Bonchev–Trinajstić information content (AvgIpc) is 3.11. The first-order chi connectivity index (χ1) is 11.6. The third kappa shape index (κ3) is 3.74. The van der Waals surface area contributed by atoms with Crippen LogP contribution in [0.25, 0.3) is 0 Å². The molecule has 0 fully saturated rings. The first-order valence-electron chi connectivity index (χ1n) is 8.18. The lowest BCUT2D eigenvalue weighted by Gasteiger charge is -2.20. The predicted molar refractivity (Wildman–Crippen MR) is 98.2 cm³/mol. The summed E-state index contributed by atoms with van der Waals surface area (Å²) in [6.45, 7) is 4.04. The molecule has 0 bridgehead atoms. The molecule has 2 aromatic carbocycles. The number of amides is 1. The van der Waals surface area contributed by atoms with Crippen molar-refractivity contribution in [3.63, 3.8) is 0 Å². The van der Waals surface area contributed by atoms with E-state index in [2.05, 4.69) is 23.5 Å². The van der Waals surface area contributed by atoms with E-state index in [1.165, 1.54) is 0 Å². The molecule has 3 heteroatoms. The molecule has 3 aromatic rings. The average molecular weight is 318 g/mol.